The van der Waals surface area contributed by atoms with E-state index in [1.54, 1.807) is 6.07 Å². The third kappa shape index (κ3) is 8.73. The molecule has 1 spiro atoms. The highest BCUT2D eigenvalue weighted by Crippen LogP contribution is 2.41. The highest BCUT2D eigenvalue weighted by Gasteiger charge is 2.56. The van der Waals surface area contributed by atoms with E-state index in [2.05, 4.69) is 21.1 Å². The van der Waals surface area contributed by atoms with Gasteiger partial charge in [-0.2, -0.15) is 0 Å². The fourth-order valence-electron chi connectivity index (χ4n) is 6.89. The van der Waals surface area contributed by atoms with Gasteiger partial charge in [0.1, 0.15) is 17.8 Å². The summed E-state index contributed by atoms with van der Waals surface area (Å²) in [4.78, 5) is 76.0. The molecule has 1 aromatic rings. The molecule has 2 saturated carbocycles. The molecule has 1 saturated heterocycles. The van der Waals surface area contributed by atoms with E-state index in [1.165, 1.54) is 22.7 Å². The maximum atomic E-state index is 14.5. The second-order valence-electron chi connectivity index (χ2n) is 14.8. The first-order chi connectivity index (χ1) is 22.3. The van der Waals surface area contributed by atoms with E-state index < -0.39 is 52.6 Å². The number of carbonyl (C=O) groups excluding carboxylic acids is 5. The fourth-order valence-corrected chi connectivity index (χ4v) is 7.91. The quantitative estimate of drug-likeness (QED) is 0.276. The van der Waals surface area contributed by atoms with E-state index in [9.17, 15) is 24.0 Å². The number of thiophene rings is 1. The third-order valence-corrected chi connectivity index (χ3v) is 10.9. The minimum atomic E-state index is -1.03. The van der Waals surface area contributed by atoms with Crippen LogP contribution in [0.5, 0.6) is 0 Å². The molecular weight excluding hydrogens is 642 g/mol. The molecule has 11 nitrogen and oxygen atoms in total. The Morgan fingerprint density at radius 1 is 1.09 bits per heavy atom. The van der Waals surface area contributed by atoms with Gasteiger partial charge in [0.25, 0.3) is 5.91 Å². The third-order valence-electron chi connectivity index (χ3n) is 9.65. The molecule has 0 aromatic carbocycles. The highest BCUT2D eigenvalue weighted by atomic mass is 35.5. The Labute approximate surface area is 285 Å². The number of carbonyl (C=O) groups is 5. The van der Waals surface area contributed by atoms with Crippen LogP contribution in [0, 0.1) is 11.3 Å². The van der Waals surface area contributed by atoms with E-state index in [4.69, 9.17) is 16.4 Å². The first kappa shape index (κ1) is 35.3. The first-order valence-electron chi connectivity index (χ1n) is 17.0. The van der Waals surface area contributed by atoms with Crippen molar-refractivity contribution in [3.8, 4) is 0 Å². The van der Waals surface area contributed by atoms with Gasteiger partial charge in [-0.1, -0.05) is 70.1 Å². The number of nitrogens with one attached hydrogen (secondary N) is 3. The van der Waals surface area contributed by atoms with Gasteiger partial charge in [-0.05, 0) is 55.6 Å². The van der Waals surface area contributed by atoms with Crippen LogP contribution in [0.3, 0.4) is 0 Å². The summed E-state index contributed by atoms with van der Waals surface area (Å²) in [6.45, 7) is 7.60. The van der Waals surface area contributed by atoms with E-state index in [1.807, 2.05) is 33.8 Å². The predicted octanol–water partition coefficient (Wildman–Crippen LogP) is 4.50. The molecular formula is C34H48ClN5O6S. The van der Waals surface area contributed by atoms with Crippen LogP contribution in [0.1, 0.15) is 110 Å². The van der Waals surface area contributed by atoms with Gasteiger partial charge in [0.05, 0.1) is 21.8 Å². The average molecular weight is 690 g/mol. The average Bonchev–Trinajstić information content (AvgIpc) is 3.40. The van der Waals surface area contributed by atoms with Crippen molar-refractivity contribution in [3.63, 3.8) is 0 Å². The Morgan fingerprint density at radius 3 is 2.43 bits per heavy atom. The topological polar surface area (TPSA) is 146 Å². The Kier molecular flexibility index (Phi) is 11.0. The lowest BCUT2D eigenvalue weighted by Gasteiger charge is -2.36. The number of amides is 4. The Morgan fingerprint density at radius 2 is 1.81 bits per heavy atom. The predicted molar refractivity (Wildman–Crippen MR) is 180 cm³/mol. The second-order valence-corrected chi connectivity index (χ2v) is 16.5. The number of hydrogen-bond acceptors (Lipinski definition) is 8. The summed E-state index contributed by atoms with van der Waals surface area (Å²) in [5.41, 5.74) is -0.964. The zero-order valence-electron chi connectivity index (χ0n) is 27.9. The van der Waals surface area contributed by atoms with Gasteiger partial charge in [0.15, 0.2) is 5.60 Å². The maximum Gasteiger partial charge on any atom is 0.289 e. The lowest BCUT2D eigenvalue weighted by atomic mass is 9.84. The molecule has 13 heteroatoms. The number of halogens is 1. The molecule has 0 unspecified atom stereocenters. The number of hydrogen-bond donors (Lipinski definition) is 3. The normalized spacial score (nSPS) is 24.3. The monoisotopic (exact) mass is 689 g/mol. The molecule has 0 bridgehead atoms. The summed E-state index contributed by atoms with van der Waals surface area (Å²) >= 11 is 7.55. The minimum absolute atomic E-state index is 0.00169. The summed E-state index contributed by atoms with van der Waals surface area (Å²) in [5, 5.41) is 12.9. The van der Waals surface area contributed by atoms with Crippen LogP contribution in [0.25, 0.3) is 0 Å². The van der Waals surface area contributed by atoms with Gasteiger partial charge in [-0.25, -0.2) is 0 Å². The summed E-state index contributed by atoms with van der Waals surface area (Å²) < 4.78 is 0.610. The molecule has 3 heterocycles. The van der Waals surface area contributed by atoms with Crippen molar-refractivity contribution in [3.05, 3.63) is 21.3 Å². The van der Waals surface area contributed by atoms with Crippen LogP contribution in [0.2, 0.25) is 4.34 Å². The zero-order valence-corrected chi connectivity index (χ0v) is 29.4. The SMILES string of the molecule is CCC[C@H](NC(=O)[C@@H]1C[C@]2(CC(c3ccc(Cl)s3)=NO2)CN1C(=O)[C@@H](NC(=O)CC1CCCCC1)C(C)(C)C)C(=O)C(=O)NC1CC1. The molecule has 4 amide bonds. The van der Waals surface area contributed by atoms with Gasteiger partial charge in [-0.15, -0.1) is 11.3 Å². The summed E-state index contributed by atoms with van der Waals surface area (Å²) in [5.74, 6) is -2.22. The van der Waals surface area contributed by atoms with E-state index in [0.29, 0.717) is 35.2 Å². The van der Waals surface area contributed by atoms with Crippen LogP contribution in [0.15, 0.2) is 17.3 Å². The Bertz CT molecular complexity index is 1400. The van der Waals surface area contributed by atoms with Crippen molar-refractivity contribution in [1.29, 1.82) is 0 Å². The van der Waals surface area contributed by atoms with Gasteiger partial charge >= 0.3 is 0 Å². The number of Topliss-reactive ketones (excluding diaryl/α,β-unsaturated/α-hetero) is 1. The number of ketones is 1. The van der Waals surface area contributed by atoms with Crippen molar-refractivity contribution < 1.29 is 28.8 Å². The smallest absolute Gasteiger partial charge is 0.289 e. The molecule has 3 N–H and O–H groups in total. The highest BCUT2D eigenvalue weighted by molar-refractivity contribution is 7.18. The summed E-state index contributed by atoms with van der Waals surface area (Å²) in [7, 11) is 0. The molecule has 0 radical (unpaired) electrons. The van der Waals surface area contributed by atoms with Crippen molar-refractivity contribution in [2.75, 3.05) is 6.54 Å². The number of nitrogens with zero attached hydrogens (tertiary/aromatic N) is 2. The van der Waals surface area contributed by atoms with Gasteiger partial charge < -0.3 is 25.7 Å². The number of likely N-dealkylation sites (tertiary alicyclic amines) is 1. The summed E-state index contributed by atoms with van der Waals surface area (Å²) in [6, 6.07) is 0.701. The minimum Gasteiger partial charge on any atom is -0.387 e. The second kappa shape index (κ2) is 14.6. The summed E-state index contributed by atoms with van der Waals surface area (Å²) in [6.07, 6.45) is 8.76. The fraction of sp³-hybridized carbons (Fsp3) is 0.706. The standard InChI is InChI=1S/C34H48ClN5O6S/c1-5-9-22(28(42)31(44)36-21-12-13-21)37-30(43)24-18-34(17-23(39-46-34)25-14-15-26(35)47-25)19-40(24)32(45)29(33(2,3)4)38-27(41)16-20-10-7-6-8-11-20/h14-15,20-22,24,29H,5-13,16-19H2,1-4H3,(H,36,44)(H,37,43)(H,38,41)/t22-,24-,29+,34+/m0/s1. The molecule has 2 aliphatic heterocycles. The molecule has 4 aliphatic rings. The van der Waals surface area contributed by atoms with Crippen molar-refractivity contribution in [1.82, 2.24) is 20.9 Å². The lowest BCUT2D eigenvalue weighted by Crippen LogP contribution is -2.59. The molecule has 3 fully saturated rings. The Hall–Kier alpha value is -2.99. The van der Waals surface area contributed by atoms with Crippen LogP contribution in [-0.4, -0.2) is 76.3 Å². The van der Waals surface area contributed by atoms with Gasteiger partial charge in [-0.3, -0.25) is 24.0 Å². The molecule has 1 aromatic heterocycles. The molecule has 258 valence electrons. The van der Waals surface area contributed by atoms with Crippen LogP contribution < -0.4 is 16.0 Å². The first-order valence-corrected chi connectivity index (χ1v) is 18.2. The van der Waals surface area contributed by atoms with Crippen LogP contribution in [0.4, 0.5) is 0 Å². The van der Waals surface area contributed by atoms with Crippen LogP contribution in [-0.2, 0) is 28.8 Å². The number of oxime groups is 1. The van der Waals surface area contributed by atoms with E-state index in [0.717, 1.165) is 43.4 Å². The van der Waals surface area contributed by atoms with Gasteiger partial charge in [0, 0.05) is 25.3 Å². The van der Waals surface area contributed by atoms with E-state index >= 15 is 0 Å². The molecule has 2 aliphatic carbocycles. The zero-order chi connectivity index (χ0) is 33.9. The largest absolute Gasteiger partial charge is 0.387 e. The van der Waals surface area contributed by atoms with Crippen molar-refractivity contribution >= 4 is 58.1 Å². The van der Waals surface area contributed by atoms with Gasteiger partial charge in [0.2, 0.25) is 23.5 Å². The molecule has 5 rings (SSSR count). The van der Waals surface area contributed by atoms with Crippen molar-refractivity contribution in [2.45, 2.75) is 135 Å². The van der Waals surface area contributed by atoms with Crippen LogP contribution >= 0.6 is 22.9 Å². The maximum absolute atomic E-state index is 14.5. The van der Waals surface area contributed by atoms with E-state index in [-0.39, 0.29) is 31.3 Å². The molecule has 47 heavy (non-hydrogen) atoms. The number of rotatable bonds is 12. The Balaban J connectivity index is 1.37. The lowest BCUT2D eigenvalue weighted by molar-refractivity contribution is -0.145. The van der Waals surface area contributed by atoms with Crippen molar-refractivity contribution in [2.24, 2.45) is 16.5 Å². The molecule has 4 atom stereocenters.